The van der Waals surface area contributed by atoms with Gasteiger partial charge in [0.2, 0.25) is 0 Å². The van der Waals surface area contributed by atoms with E-state index in [0.717, 1.165) is 25.2 Å². The molecule has 0 spiro atoms. The van der Waals surface area contributed by atoms with Gasteiger partial charge in [0.15, 0.2) is 0 Å². The summed E-state index contributed by atoms with van der Waals surface area (Å²) in [5.74, 6) is 2.56. The van der Waals surface area contributed by atoms with Gasteiger partial charge in [0.1, 0.15) is 5.78 Å². The van der Waals surface area contributed by atoms with Gasteiger partial charge in [-0.25, -0.2) is 0 Å². The van der Waals surface area contributed by atoms with Crippen molar-refractivity contribution >= 4 is 5.78 Å². The zero-order chi connectivity index (χ0) is 8.43. The molecule has 1 aliphatic rings. The second kappa shape index (κ2) is 3.38. The van der Waals surface area contributed by atoms with Crippen LogP contribution in [0.1, 0.15) is 40.0 Å². The molecule has 1 fully saturated rings. The molecule has 0 radical (unpaired) electrons. The van der Waals surface area contributed by atoms with Gasteiger partial charge in [-0.3, -0.25) is 4.79 Å². The molecule has 1 saturated carbocycles. The Morgan fingerprint density at radius 1 is 1.45 bits per heavy atom. The van der Waals surface area contributed by atoms with Gasteiger partial charge in [0.25, 0.3) is 0 Å². The maximum absolute atomic E-state index is 11.1. The van der Waals surface area contributed by atoms with Crippen LogP contribution in [0, 0.1) is 17.8 Å². The lowest BCUT2D eigenvalue weighted by atomic mass is 9.74. The SMILES string of the molecule is CC(C)[C@@H]1CC(=O)CCC1C. The Bertz CT molecular complexity index is 149. The summed E-state index contributed by atoms with van der Waals surface area (Å²) in [5.41, 5.74) is 0. The highest BCUT2D eigenvalue weighted by atomic mass is 16.1. The molecule has 1 nitrogen and oxygen atoms in total. The van der Waals surface area contributed by atoms with Crippen LogP contribution >= 0.6 is 0 Å². The van der Waals surface area contributed by atoms with E-state index in [0.29, 0.717) is 17.6 Å². The van der Waals surface area contributed by atoms with E-state index >= 15 is 0 Å². The lowest BCUT2D eigenvalue weighted by Gasteiger charge is -2.30. The first-order chi connectivity index (χ1) is 5.11. The van der Waals surface area contributed by atoms with Crippen LogP contribution in [-0.2, 0) is 4.79 Å². The van der Waals surface area contributed by atoms with Crippen LogP contribution < -0.4 is 0 Å². The molecular formula is C10H18O. The second-order valence-corrected chi connectivity index (χ2v) is 4.17. The van der Waals surface area contributed by atoms with Crippen molar-refractivity contribution in [2.45, 2.75) is 40.0 Å². The van der Waals surface area contributed by atoms with E-state index in [1.54, 1.807) is 0 Å². The molecule has 0 aliphatic heterocycles. The van der Waals surface area contributed by atoms with Crippen LogP contribution in [0.25, 0.3) is 0 Å². The van der Waals surface area contributed by atoms with Gasteiger partial charge in [-0.05, 0) is 24.2 Å². The minimum Gasteiger partial charge on any atom is -0.300 e. The first-order valence-electron chi connectivity index (χ1n) is 4.63. The zero-order valence-corrected chi connectivity index (χ0v) is 7.76. The molecule has 0 aromatic rings. The van der Waals surface area contributed by atoms with Gasteiger partial charge in [-0.1, -0.05) is 20.8 Å². The first-order valence-corrected chi connectivity index (χ1v) is 4.63. The van der Waals surface area contributed by atoms with Crippen molar-refractivity contribution in [2.24, 2.45) is 17.8 Å². The number of Topliss-reactive ketones (excluding diaryl/α,β-unsaturated/α-hetero) is 1. The number of carbonyl (C=O) groups excluding carboxylic acids is 1. The molecule has 1 heteroatoms. The maximum atomic E-state index is 11.1. The van der Waals surface area contributed by atoms with Gasteiger partial charge in [-0.2, -0.15) is 0 Å². The molecule has 0 N–H and O–H groups in total. The van der Waals surface area contributed by atoms with Gasteiger partial charge in [-0.15, -0.1) is 0 Å². The number of rotatable bonds is 1. The number of hydrogen-bond donors (Lipinski definition) is 0. The molecule has 0 amide bonds. The molecule has 0 aromatic carbocycles. The predicted molar refractivity (Wildman–Crippen MR) is 46.4 cm³/mol. The van der Waals surface area contributed by atoms with Crippen LogP contribution in [0.3, 0.4) is 0 Å². The van der Waals surface area contributed by atoms with Crippen molar-refractivity contribution in [3.8, 4) is 0 Å². The Labute approximate surface area is 69.2 Å². The van der Waals surface area contributed by atoms with Gasteiger partial charge in [0.05, 0.1) is 0 Å². The monoisotopic (exact) mass is 154 g/mol. The minimum atomic E-state index is 0.474. The van der Waals surface area contributed by atoms with E-state index in [1.165, 1.54) is 0 Å². The molecule has 0 saturated heterocycles. The second-order valence-electron chi connectivity index (χ2n) is 4.17. The normalized spacial score (nSPS) is 32.9. The third kappa shape index (κ3) is 2.05. The van der Waals surface area contributed by atoms with Crippen molar-refractivity contribution in [1.82, 2.24) is 0 Å². The van der Waals surface area contributed by atoms with Crippen LogP contribution in [0.15, 0.2) is 0 Å². The molecule has 2 atom stereocenters. The standard InChI is InChI=1S/C10H18O/c1-7(2)10-6-9(11)5-4-8(10)3/h7-8,10H,4-6H2,1-3H3/t8?,10-/m0/s1. The van der Waals surface area contributed by atoms with E-state index in [1.807, 2.05) is 0 Å². The highest BCUT2D eigenvalue weighted by Gasteiger charge is 2.27. The first kappa shape index (κ1) is 8.76. The number of ketones is 1. The third-order valence-electron chi connectivity index (χ3n) is 2.93. The molecule has 1 rings (SSSR count). The topological polar surface area (TPSA) is 17.1 Å². The summed E-state index contributed by atoms with van der Waals surface area (Å²) in [6, 6.07) is 0. The molecule has 0 bridgehead atoms. The average Bonchev–Trinajstić information content (AvgIpc) is 1.94. The number of carbonyl (C=O) groups is 1. The fourth-order valence-electron chi connectivity index (χ4n) is 2.06. The van der Waals surface area contributed by atoms with Crippen molar-refractivity contribution < 1.29 is 4.79 Å². The predicted octanol–water partition coefficient (Wildman–Crippen LogP) is 2.65. The highest BCUT2D eigenvalue weighted by Crippen LogP contribution is 2.32. The lowest BCUT2D eigenvalue weighted by Crippen LogP contribution is -2.26. The summed E-state index contributed by atoms with van der Waals surface area (Å²) >= 11 is 0. The smallest absolute Gasteiger partial charge is 0.133 e. The van der Waals surface area contributed by atoms with Crippen molar-refractivity contribution in [3.05, 3.63) is 0 Å². The van der Waals surface area contributed by atoms with Gasteiger partial charge in [0, 0.05) is 12.8 Å². The summed E-state index contributed by atoms with van der Waals surface area (Å²) in [4.78, 5) is 11.1. The van der Waals surface area contributed by atoms with E-state index in [2.05, 4.69) is 20.8 Å². The van der Waals surface area contributed by atoms with Gasteiger partial charge < -0.3 is 0 Å². The largest absolute Gasteiger partial charge is 0.300 e. The zero-order valence-electron chi connectivity index (χ0n) is 7.76. The molecule has 11 heavy (non-hydrogen) atoms. The Morgan fingerprint density at radius 3 is 2.55 bits per heavy atom. The minimum absolute atomic E-state index is 0.474. The summed E-state index contributed by atoms with van der Waals surface area (Å²) < 4.78 is 0. The fraction of sp³-hybridized carbons (Fsp3) is 0.900. The van der Waals surface area contributed by atoms with E-state index in [-0.39, 0.29) is 0 Å². The maximum Gasteiger partial charge on any atom is 0.133 e. The highest BCUT2D eigenvalue weighted by molar-refractivity contribution is 5.79. The van der Waals surface area contributed by atoms with Crippen LogP contribution in [-0.4, -0.2) is 5.78 Å². The molecular weight excluding hydrogens is 136 g/mol. The van der Waals surface area contributed by atoms with Crippen LogP contribution in [0.5, 0.6) is 0 Å². The Hall–Kier alpha value is -0.330. The molecule has 64 valence electrons. The molecule has 0 aromatic heterocycles. The lowest BCUT2D eigenvalue weighted by molar-refractivity contribution is -0.123. The van der Waals surface area contributed by atoms with Crippen LogP contribution in [0.2, 0.25) is 0 Å². The van der Waals surface area contributed by atoms with Crippen molar-refractivity contribution in [2.75, 3.05) is 0 Å². The quantitative estimate of drug-likeness (QED) is 0.567. The van der Waals surface area contributed by atoms with E-state index < -0.39 is 0 Å². The number of hydrogen-bond acceptors (Lipinski definition) is 1. The van der Waals surface area contributed by atoms with Crippen molar-refractivity contribution in [3.63, 3.8) is 0 Å². The Kier molecular flexibility index (Phi) is 2.69. The Balaban J connectivity index is 2.54. The van der Waals surface area contributed by atoms with Crippen molar-refractivity contribution in [1.29, 1.82) is 0 Å². The Morgan fingerprint density at radius 2 is 2.09 bits per heavy atom. The van der Waals surface area contributed by atoms with E-state index in [9.17, 15) is 4.79 Å². The van der Waals surface area contributed by atoms with Gasteiger partial charge >= 0.3 is 0 Å². The summed E-state index contributed by atoms with van der Waals surface area (Å²) in [6.45, 7) is 6.72. The third-order valence-corrected chi connectivity index (χ3v) is 2.93. The molecule has 1 aliphatic carbocycles. The molecule has 1 unspecified atom stereocenters. The summed E-state index contributed by atoms with van der Waals surface area (Å²) in [6.07, 6.45) is 2.77. The van der Waals surface area contributed by atoms with E-state index in [4.69, 9.17) is 0 Å². The van der Waals surface area contributed by atoms with Crippen LogP contribution in [0.4, 0.5) is 0 Å². The summed E-state index contributed by atoms with van der Waals surface area (Å²) in [5, 5.41) is 0. The molecule has 0 heterocycles. The fourth-order valence-corrected chi connectivity index (χ4v) is 2.06. The average molecular weight is 154 g/mol. The summed E-state index contributed by atoms with van der Waals surface area (Å²) in [7, 11) is 0.